The molecular weight excluding hydrogens is 332 g/mol. The van der Waals surface area contributed by atoms with E-state index >= 15 is 0 Å². The van der Waals surface area contributed by atoms with Crippen molar-refractivity contribution in [3.05, 3.63) is 34.8 Å². The fourth-order valence-corrected chi connectivity index (χ4v) is 4.97. The van der Waals surface area contributed by atoms with Crippen LogP contribution in [-0.2, 0) is 24.0 Å². The summed E-state index contributed by atoms with van der Waals surface area (Å²) in [5.41, 5.74) is 0.752. The third-order valence-electron chi connectivity index (χ3n) is 6.10. The van der Waals surface area contributed by atoms with E-state index in [-0.39, 0.29) is 17.6 Å². The van der Waals surface area contributed by atoms with Gasteiger partial charge >= 0.3 is 0 Å². The zero-order valence-electron chi connectivity index (χ0n) is 17.1. The molecule has 1 saturated heterocycles. The van der Waals surface area contributed by atoms with Crippen LogP contribution in [0.15, 0.2) is 34.8 Å². The zero-order chi connectivity index (χ0) is 19.5. The monoisotopic (exact) mass is 362 g/mol. The Kier molecular flexibility index (Phi) is 4.40. The van der Waals surface area contributed by atoms with Crippen LogP contribution in [0.1, 0.15) is 54.9 Å². The number of carbonyl (C=O) groups excluding carboxylic acids is 1. The molecule has 2 bridgehead atoms. The molecular formula is C21H30O5. The maximum absolute atomic E-state index is 13.6. The van der Waals surface area contributed by atoms with Gasteiger partial charge < -0.3 is 9.47 Å². The molecule has 4 unspecified atom stereocenters. The number of rotatable bonds is 4. The molecule has 5 heteroatoms. The molecule has 1 aliphatic carbocycles. The van der Waals surface area contributed by atoms with E-state index in [1.54, 1.807) is 6.92 Å². The highest BCUT2D eigenvalue weighted by Gasteiger charge is 2.75. The van der Waals surface area contributed by atoms with Crippen molar-refractivity contribution in [1.29, 1.82) is 0 Å². The highest BCUT2D eigenvalue weighted by Crippen LogP contribution is 2.64. The number of allylic oxidation sites excluding steroid dienone is 2. The summed E-state index contributed by atoms with van der Waals surface area (Å²) in [6.07, 6.45) is 5.18. The lowest BCUT2D eigenvalue weighted by atomic mass is 9.52. The number of ether oxygens (including phenoxy) is 2. The summed E-state index contributed by atoms with van der Waals surface area (Å²) in [5.74, 6) is -0.812. The molecule has 3 aliphatic heterocycles. The van der Waals surface area contributed by atoms with Crippen LogP contribution in [0, 0.1) is 17.3 Å². The number of Topliss-reactive ketones (excluding diaryl/α,β-unsaturated/α-hetero) is 1. The van der Waals surface area contributed by atoms with Gasteiger partial charge in [-0.25, -0.2) is 4.89 Å². The first-order valence-electron chi connectivity index (χ1n) is 9.25. The van der Waals surface area contributed by atoms with Gasteiger partial charge in [-0.1, -0.05) is 25.5 Å². The van der Waals surface area contributed by atoms with Crippen molar-refractivity contribution in [1.82, 2.24) is 0 Å². The summed E-state index contributed by atoms with van der Waals surface area (Å²) < 4.78 is 11.5. The Morgan fingerprint density at radius 1 is 1.31 bits per heavy atom. The maximum Gasteiger partial charge on any atom is 0.288 e. The number of hydrogen-bond donors (Lipinski definition) is 0. The molecule has 144 valence electrons. The number of fused-ring (bicyclic) bond motifs is 1. The molecule has 0 saturated carbocycles. The topological polar surface area (TPSA) is 54.0 Å². The van der Waals surface area contributed by atoms with E-state index in [2.05, 4.69) is 26.8 Å². The summed E-state index contributed by atoms with van der Waals surface area (Å²) in [6.45, 7) is 14.0. The van der Waals surface area contributed by atoms with Gasteiger partial charge in [0.05, 0.1) is 12.7 Å². The molecule has 4 atom stereocenters. The smallest absolute Gasteiger partial charge is 0.288 e. The van der Waals surface area contributed by atoms with Crippen LogP contribution in [0.3, 0.4) is 0 Å². The molecule has 0 N–H and O–H groups in total. The van der Waals surface area contributed by atoms with Crippen LogP contribution in [-0.4, -0.2) is 24.3 Å². The van der Waals surface area contributed by atoms with E-state index in [0.29, 0.717) is 11.5 Å². The van der Waals surface area contributed by atoms with Crippen molar-refractivity contribution >= 4 is 5.78 Å². The highest BCUT2D eigenvalue weighted by atomic mass is 17.2. The normalized spacial score (nSPS) is 39.7. The van der Waals surface area contributed by atoms with Crippen LogP contribution in [0.4, 0.5) is 0 Å². The lowest BCUT2D eigenvalue weighted by Crippen LogP contribution is -2.72. The molecule has 0 aromatic carbocycles. The van der Waals surface area contributed by atoms with Gasteiger partial charge in [0.25, 0.3) is 11.7 Å². The Bertz CT molecular complexity index is 731. The number of carbonyl (C=O) groups is 1. The molecule has 3 heterocycles. The van der Waals surface area contributed by atoms with E-state index in [9.17, 15) is 4.79 Å². The van der Waals surface area contributed by atoms with Gasteiger partial charge in [-0.05, 0) is 53.0 Å². The van der Waals surface area contributed by atoms with E-state index in [4.69, 9.17) is 19.2 Å². The third kappa shape index (κ3) is 2.26. The van der Waals surface area contributed by atoms with Crippen LogP contribution in [0.2, 0.25) is 0 Å². The van der Waals surface area contributed by atoms with Gasteiger partial charge in [0.2, 0.25) is 0 Å². The van der Waals surface area contributed by atoms with Gasteiger partial charge in [-0.15, -0.1) is 0 Å². The lowest BCUT2D eigenvalue weighted by Gasteiger charge is -2.62. The van der Waals surface area contributed by atoms with Gasteiger partial charge in [0.15, 0.2) is 5.78 Å². The molecule has 0 aromatic heterocycles. The van der Waals surface area contributed by atoms with Crippen LogP contribution in [0.25, 0.3) is 0 Å². The van der Waals surface area contributed by atoms with Crippen molar-refractivity contribution < 1.29 is 24.0 Å². The van der Waals surface area contributed by atoms with Crippen molar-refractivity contribution in [3.63, 3.8) is 0 Å². The molecule has 1 spiro atoms. The second kappa shape index (κ2) is 5.96. The average molecular weight is 362 g/mol. The predicted octanol–water partition coefficient (Wildman–Crippen LogP) is 4.46. The minimum absolute atomic E-state index is 0.0233. The molecule has 0 amide bonds. The Morgan fingerprint density at radius 3 is 2.50 bits per heavy atom. The summed E-state index contributed by atoms with van der Waals surface area (Å²) in [5, 5.41) is 0. The number of hydrogen-bond acceptors (Lipinski definition) is 5. The summed E-state index contributed by atoms with van der Waals surface area (Å²) in [4.78, 5) is 25.2. The van der Waals surface area contributed by atoms with Gasteiger partial charge in [0.1, 0.15) is 11.0 Å². The fourth-order valence-electron chi connectivity index (χ4n) is 4.97. The van der Waals surface area contributed by atoms with Crippen molar-refractivity contribution in [2.75, 3.05) is 7.11 Å². The first kappa shape index (κ1) is 19.2. The Balaban J connectivity index is 2.23. The average Bonchev–Trinajstić information content (AvgIpc) is 2.56. The van der Waals surface area contributed by atoms with Crippen LogP contribution < -0.4 is 0 Å². The quantitative estimate of drug-likeness (QED) is 0.546. The zero-order valence-corrected chi connectivity index (χ0v) is 17.1. The third-order valence-corrected chi connectivity index (χ3v) is 6.10. The standard InChI is InChI=1S/C21H30O5/c1-12(2)9-10-13(3)16-19(6)11-14(4)21(26-25-19)20(16,7)17(22)15(5)18(23-8)24-21/h10-12,16H,9H2,1-8H3. The van der Waals surface area contributed by atoms with E-state index in [1.807, 2.05) is 26.8 Å². The summed E-state index contributed by atoms with van der Waals surface area (Å²) in [7, 11) is 1.49. The van der Waals surface area contributed by atoms with Crippen LogP contribution in [0.5, 0.6) is 0 Å². The SMILES string of the molecule is COC1=C(C)C(=O)C2(C)C(C(C)=CCC(C)C)C3(C)C=C(C)C2(OO3)O1. The first-order chi connectivity index (χ1) is 12.0. The largest absolute Gasteiger partial charge is 0.468 e. The Morgan fingerprint density at radius 2 is 1.96 bits per heavy atom. The van der Waals surface area contributed by atoms with Gasteiger partial charge in [-0.3, -0.25) is 4.79 Å². The van der Waals surface area contributed by atoms with Crippen molar-refractivity contribution in [3.8, 4) is 0 Å². The Hall–Kier alpha value is -1.59. The number of methoxy groups -OCH3 is 1. The van der Waals surface area contributed by atoms with Crippen molar-refractivity contribution in [2.24, 2.45) is 17.3 Å². The second-order valence-electron chi connectivity index (χ2n) is 8.56. The van der Waals surface area contributed by atoms with Gasteiger partial charge in [0, 0.05) is 11.5 Å². The Labute approximate surface area is 155 Å². The minimum Gasteiger partial charge on any atom is -0.468 e. The minimum atomic E-state index is -1.32. The molecule has 0 radical (unpaired) electrons. The molecule has 26 heavy (non-hydrogen) atoms. The molecule has 4 aliphatic rings. The molecule has 5 nitrogen and oxygen atoms in total. The molecule has 1 fully saturated rings. The van der Waals surface area contributed by atoms with E-state index in [1.165, 1.54) is 7.11 Å². The van der Waals surface area contributed by atoms with Crippen molar-refractivity contribution in [2.45, 2.75) is 66.3 Å². The molecule has 0 aromatic rings. The number of ketones is 1. The van der Waals surface area contributed by atoms with E-state index < -0.39 is 16.8 Å². The predicted molar refractivity (Wildman–Crippen MR) is 97.7 cm³/mol. The molecule has 4 rings (SSSR count). The highest BCUT2D eigenvalue weighted by molar-refractivity contribution is 6.02. The summed E-state index contributed by atoms with van der Waals surface area (Å²) >= 11 is 0. The first-order valence-corrected chi connectivity index (χ1v) is 9.25. The van der Waals surface area contributed by atoms with E-state index in [0.717, 1.165) is 17.6 Å². The second-order valence-corrected chi connectivity index (χ2v) is 8.56. The summed E-state index contributed by atoms with van der Waals surface area (Å²) in [6, 6.07) is 0. The fraction of sp³-hybridized carbons (Fsp3) is 0.667. The lowest BCUT2D eigenvalue weighted by molar-refractivity contribution is -0.514. The maximum atomic E-state index is 13.6. The van der Waals surface area contributed by atoms with Crippen LogP contribution >= 0.6 is 0 Å². The van der Waals surface area contributed by atoms with Gasteiger partial charge in [-0.2, -0.15) is 4.89 Å².